The van der Waals surface area contributed by atoms with E-state index in [1.54, 1.807) is 11.3 Å². The zero-order chi connectivity index (χ0) is 37.0. The molecule has 0 saturated heterocycles. The van der Waals surface area contributed by atoms with Gasteiger partial charge in [0.15, 0.2) is 0 Å². The first-order valence-corrected chi connectivity index (χ1v) is 18.7. The third-order valence-corrected chi connectivity index (χ3v) is 10.6. The van der Waals surface area contributed by atoms with E-state index in [1.165, 1.54) is 11.1 Å². The van der Waals surface area contributed by atoms with Gasteiger partial charge in [0, 0.05) is 38.8 Å². The number of hydrogen-bond donors (Lipinski definition) is 2. The summed E-state index contributed by atoms with van der Waals surface area (Å²) in [6, 6.07) is 31.5. The molecule has 0 unspecified atom stereocenters. The molecule has 1 heterocycles. The molecule has 0 radical (unpaired) electrons. The van der Waals surface area contributed by atoms with E-state index >= 15 is 0 Å². The van der Waals surface area contributed by atoms with Gasteiger partial charge in [-0.2, -0.15) is 0 Å². The van der Waals surface area contributed by atoms with Crippen LogP contribution < -0.4 is 0 Å². The van der Waals surface area contributed by atoms with Crippen LogP contribution in [0, 0.1) is 13.8 Å². The second-order valence-electron chi connectivity index (χ2n) is 17.1. The minimum Gasteiger partial charge on any atom is -0.507 e. The molecule has 3 nitrogen and oxygen atoms in total. The van der Waals surface area contributed by atoms with E-state index in [2.05, 4.69) is 148 Å². The number of phenolic OH excluding ortho intramolecular Hbond substituents is 2. The lowest BCUT2D eigenvalue weighted by atomic mass is 9.78. The van der Waals surface area contributed by atoms with Crippen molar-refractivity contribution in [2.24, 2.45) is 0 Å². The molecular formula is C47H51NO2S. The van der Waals surface area contributed by atoms with Crippen molar-refractivity contribution in [3.63, 3.8) is 0 Å². The van der Waals surface area contributed by atoms with Gasteiger partial charge in [-0.15, -0.1) is 11.3 Å². The van der Waals surface area contributed by atoms with Gasteiger partial charge in [-0.25, -0.2) is 4.98 Å². The Hall–Kier alpha value is -4.67. The largest absolute Gasteiger partial charge is 0.507 e. The zero-order valence-corrected chi connectivity index (χ0v) is 32.8. The van der Waals surface area contributed by atoms with Crippen LogP contribution in [0.2, 0.25) is 0 Å². The number of thiazole rings is 1. The van der Waals surface area contributed by atoms with Crippen molar-refractivity contribution >= 4 is 11.3 Å². The molecule has 4 heteroatoms. The molecule has 5 aromatic carbocycles. The standard InChI is InChI=1S/C47H51NO2S/c1-28-20-37(30-24-31(45(3,4)5)26-32(25-30)46(6,7)8)42(49)38(21-28)34-17-13-15-19-36(34)44-48-41(27-51-44)35-18-14-12-16-33(35)39-22-29(2)23-40(43(39)50)47(9,10)11/h12-27,49-50H,1-11H3. The molecule has 0 atom stereocenters. The highest BCUT2D eigenvalue weighted by Gasteiger charge is 2.25. The SMILES string of the molecule is Cc1cc(-c2cc(C(C)(C)C)cc(C(C)(C)C)c2)c(O)c(-c2ccccc2-c2nc(-c3ccccc3-c3cc(C)cc(C(C)(C)C)c3O)cs2)c1. The number of benzene rings is 5. The minimum atomic E-state index is -0.206. The summed E-state index contributed by atoms with van der Waals surface area (Å²) in [6.07, 6.45) is 0. The van der Waals surface area contributed by atoms with Crippen LogP contribution in [0.3, 0.4) is 0 Å². The summed E-state index contributed by atoms with van der Waals surface area (Å²) in [5.74, 6) is 0.584. The molecule has 2 N–H and O–H groups in total. The number of phenols is 2. The molecule has 0 amide bonds. The summed E-state index contributed by atoms with van der Waals surface area (Å²) < 4.78 is 0. The predicted molar refractivity (Wildman–Crippen MR) is 218 cm³/mol. The molecule has 0 fully saturated rings. The highest BCUT2D eigenvalue weighted by molar-refractivity contribution is 7.13. The number of aromatic hydroxyl groups is 2. The van der Waals surface area contributed by atoms with Crippen LogP contribution in [0.4, 0.5) is 0 Å². The Morgan fingerprint density at radius 2 is 0.961 bits per heavy atom. The van der Waals surface area contributed by atoms with E-state index in [4.69, 9.17) is 4.98 Å². The Bertz CT molecular complexity index is 2220. The quantitative estimate of drug-likeness (QED) is 0.189. The summed E-state index contributed by atoms with van der Waals surface area (Å²) in [6.45, 7) is 24.0. The fraction of sp³-hybridized carbons (Fsp3) is 0.298. The maximum atomic E-state index is 12.1. The third-order valence-electron chi connectivity index (χ3n) is 9.74. The van der Waals surface area contributed by atoms with Gasteiger partial charge >= 0.3 is 0 Å². The summed E-state index contributed by atoms with van der Waals surface area (Å²) in [5.41, 5.74) is 13.4. The second kappa shape index (κ2) is 13.1. The molecule has 0 aliphatic heterocycles. The molecule has 0 aliphatic carbocycles. The van der Waals surface area contributed by atoms with E-state index in [0.717, 1.165) is 71.9 Å². The topological polar surface area (TPSA) is 53.4 Å². The van der Waals surface area contributed by atoms with Gasteiger partial charge in [-0.05, 0) is 87.2 Å². The van der Waals surface area contributed by atoms with Crippen molar-refractivity contribution in [2.45, 2.75) is 92.4 Å². The predicted octanol–water partition coefficient (Wildman–Crippen LogP) is 13.4. The number of hydrogen-bond acceptors (Lipinski definition) is 4. The van der Waals surface area contributed by atoms with E-state index in [9.17, 15) is 10.2 Å². The van der Waals surface area contributed by atoms with Crippen LogP contribution in [0.25, 0.3) is 55.2 Å². The fourth-order valence-corrected chi connectivity index (χ4v) is 7.64. The first-order chi connectivity index (χ1) is 23.8. The molecule has 262 valence electrons. The molecule has 6 rings (SSSR count). The molecule has 0 aliphatic rings. The highest BCUT2D eigenvalue weighted by atomic mass is 32.1. The van der Waals surface area contributed by atoms with Crippen LogP contribution in [-0.4, -0.2) is 15.2 Å². The number of aromatic nitrogens is 1. The lowest BCUT2D eigenvalue weighted by molar-refractivity contribution is 0.448. The van der Waals surface area contributed by atoms with Gasteiger partial charge < -0.3 is 10.2 Å². The Morgan fingerprint density at radius 1 is 0.490 bits per heavy atom. The lowest BCUT2D eigenvalue weighted by Gasteiger charge is -2.26. The van der Waals surface area contributed by atoms with Crippen molar-refractivity contribution in [3.8, 4) is 66.7 Å². The van der Waals surface area contributed by atoms with Gasteiger partial charge in [-0.3, -0.25) is 0 Å². The maximum absolute atomic E-state index is 12.1. The van der Waals surface area contributed by atoms with Crippen molar-refractivity contribution in [2.75, 3.05) is 0 Å². The number of aryl methyl sites for hydroxylation is 2. The molecule has 0 spiro atoms. The number of rotatable bonds is 5. The Kier molecular flexibility index (Phi) is 9.31. The molecule has 0 bridgehead atoms. The van der Waals surface area contributed by atoms with Gasteiger partial charge in [-0.1, -0.05) is 135 Å². The average Bonchev–Trinajstić information content (AvgIpc) is 3.55. The van der Waals surface area contributed by atoms with E-state index in [0.29, 0.717) is 5.75 Å². The smallest absolute Gasteiger partial charge is 0.131 e. The van der Waals surface area contributed by atoms with Gasteiger partial charge in [0.1, 0.15) is 16.5 Å². The molecule has 51 heavy (non-hydrogen) atoms. The molecule has 6 aromatic rings. The van der Waals surface area contributed by atoms with E-state index in [-0.39, 0.29) is 22.0 Å². The summed E-state index contributed by atoms with van der Waals surface area (Å²) in [7, 11) is 0. The molecular weight excluding hydrogens is 643 g/mol. The third kappa shape index (κ3) is 7.25. The fourth-order valence-electron chi connectivity index (χ4n) is 6.78. The first kappa shape index (κ1) is 36.1. The monoisotopic (exact) mass is 693 g/mol. The minimum absolute atomic E-state index is 0.0426. The first-order valence-electron chi connectivity index (χ1n) is 17.8. The zero-order valence-electron chi connectivity index (χ0n) is 32.0. The Balaban J connectivity index is 1.47. The van der Waals surface area contributed by atoms with Gasteiger partial charge in [0.25, 0.3) is 0 Å². The van der Waals surface area contributed by atoms with Crippen LogP contribution in [0.15, 0.2) is 96.4 Å². The summed E-state index contributed by atoms with van der Waals surface area (Å²) in [5, 5.41) is 26.6. The van der Waals surface area contributed by atoms with Crippen LogP contribution in [0.1, 0.15) is 90.1 Å². The van der Waals surface area contributed by atoms with Crippen molar-refractivity contribution in [1.29, 1.82) is 0 Å². The van der Waals surface area contributed by atoms with Crippen molar-refractivity contribution in [1.82, 2.24) is 4.98 Å². The summed E-state index contributed by atoms with van der Waals surface area (Å²) >= 11 is 1.59. The van der Waals surface area contributed by atoms with Crippen molar-refractivity contribution < 1.29 is 10.2 Å². The van der Waals surface area contributed by atoms with Crippen LogP contribution >= 0.6 is 11.3 Å². The van der Waals surface area contributed by atoms with Crippen LogP contribution in [0.5, 0.6) is 11.5 Å². The van der Waals surface area contributed by atoms with E-state index in [1.807, 2.05) is 24.3 Å². The molecule has 0 saturated carbocycles. The lowest BCUT2D eigenvalue weighted by Crippen LogP contribution is -2.16. The summed E-state index contributed by atoms with van der Waals surface area (Å²) in [4.78, 5) is 5.21. The highest BCUT2D eigenvalue weighted by Crippen LogP contribution is 2.47. The molecule has 1 aromatic heterocycles. The normalized spacial score (nSPS) is 12.4. The maximum Gasteiger partial charge on any atom is 0.131 e. The van der Waals surface area contributed by atoms with Crippen molar-refractivity contribution in [3.05, 3.63) is 124 Å². The second-order valence-corrected chi connectivity index (χ2v) is 18.0. The Morgan fingerprint density at radius 3 is 1.51 bits per heavy atom. The number of nitrogens with zero attached hydrogens (tertiary/aromatic N) is 1. The van der Waals surface area contributed by atoms with Gasteiger partial charge in [0.2, 0.25) is 0 Å². The van der Waals surface area contributed by atoms with Gasteiger partial charge in [0.05, 0.1) is 5.69 Å². The Labute approximate surface area is 308 Å². The average molecular weight is 694 g/mol. The van der Waals surface area contributed by atoms with Crippen LogP contribution in [-0.2, 0) is 16.2 Å². The van der Waals surface area contributed by atoms with E-state index < -0.39 is 0 Å².